The summed E-state index contributed by atoms with van der Waals surface area (Å²) in [5.41, 5.74) is 0.438. The summed E-state index contributed by atoms with van der Waals surface area (Å²) in [5.74, 6) is -1.73. The molecule has 0 spiro atoms. The maximum atomic E-state index is 11.9. The quantitative estimate of drug-likeness (QED) is 0.586. The van der Waals surface area contributed by atoms with Gasteiger partial charge < -0.3 is 20.4 Å². The number of carboxylic acid groups (broad SMARTS) is 1. The van der Waals surface area contributed by atoms with E-state index in [9.17, 15) is 14.4 Å². The number of imidazole rings is 1. The number of nitrogens with zero attached hydrogens (tertiary/aromatic N) is 1. The highest BCUT2D eigenvalue weighted by atomic mass is 16.4. The van der Waals surface area contributed by atoms with E-state index in [1.165, 1.54) is 30.9 Å². The van der Waals surface area contributed by atoms with Gasteiger partial charge in [0.05, 0.1) is 11.9 Å². The van der Waals surface area contributed by atoms with Crippen LogP contribution in [0.4, 0.5) is 0 Å². The van der Waals surface area contributed by atoms with Gasteiger partial charge in [0.15, 0.2) is 0 Å². The predicted octanol–water partition coefficient (Wildman–Crippen LogP) is -0.476. The second-order valence-corrected chi connectivity index (χ2v) is 4.09. The minimum Gasteiger partial charge on any atom is -0.480 e. The van der Waals surface area contributed by atoms with E-state index in [2.05, 4.69) is 20.3 Å². The molecular weight excluding hydrogens is 264 g/mol. The van der Waals surface area contributed by atoms with E-state index in [0.717, 1.165) is 0 Å². The number of H-pyrrole nitrogens is 2. The SMILES string of the molecule is O=C(NC(Cc1cnc[nH]1)C(=O)O)c1ccc(=O)[nH]c1. The average Bonchev–Trinajstić information content (AvgIpc) is 2.91. The van der Waals surface area contributed by atoms with Crippen LogP contribution in [0.15, 0.2) is 35.6 Å². The number of hydrogen-bond acceptors (Lipinski definition) is 4. The van der Waals surface area contributed by atoms with Crippen LogP contribution in [-0.2, 0) is 11.2 Å². The first kappa shape index (κ1) is 13.5. The van der Waals surface area contributed by atoms with Crippen LogP contribution in [0.1, 0.15) is 16.1 Å². The van der Waals surface area contributed by atoms with Crippen LogP contribution in [0.5, 0.6) is 0 Å². The van der Waals surface area contributed by atoms with Crippen molar-refractivity contribution in [1.29, 1.82) is 0 Å². The Bertz CT molecular complexity index is 642. The Morgan fingerprint density at radius 2 is 2.15 bits per heavy atom. The zero-order chi connectivity index (χ0) is 14.5. The molecule has 1 amide bonds. The number of aromatic nitrogens is 3. The lowest BCUT2D eigenvalue weighted by molar-refractivity contribution is -0.139. The van der Waals surface area contributed by atoms with Gasteiger partial charge in [-0.25, -0.2) is 9.78 Å². The molecule has 8 heteroatoms. The highest BCUT2D eigenvalue weighted by Gasteiger charge is 2.21. The number of aromatic amines is 2. The number of carbonyl (C=O) groups excluding carboxylic acids is 1. The Labute approximate surface area is 112 Å². The molecule has 0 bridgehead atoms. The number of rotatable bonds is 5. The van der Waals surface area contributed by atoms with Gasteiger partial charge in [-0.15, -0.1) is 0 Å². The van der Waals surface area contributed by atoms with E-state index >= 15 is 0 Å². The number of carboxylic acids is 1. The van der Waals surface area contributed by atoms with Crippen molar-refractivity contribution < 1.29 is 14.7 Å². The fourth-order valence-corrected chi connectivity index (χ4v) is 1.61. The Morgan fingerprint density at radius 1 is 1.35 bits per heavy atom. The van der Waals surface area contributed by atoms with E-state index in [0.29, 0.717) is 5.69 Å². The van der Waals surface area contributed by atoms with Gasteiger partial charge in [-0.3, -0.25) is 9.59 Å². The molecule has 0 fully saturated rings. The summed E-state index contributed by atoms with van der Waals surface area (Å²) in [6.07, 6.45) is 4.23. The van der Waals surface area contributed by atoms with Crippen molar-refractivity contribution in [3.8, 4) is 0 Å². The minimum absolute atomic E-state index is 0.0877. The third-order valence-corrected chi connectivity index (χ3v) is 2.63. The first-order valence-electron chi connectivity index (χ1n) is 5.76. The molecule has 2 aromatic heterocycles. The number of pyridine rings is 1. The number of nitrogens with one attached hydrogen (secondary N) is 3. The second-order valence-electron chi connectivity index (χ2n) is 4.09. The van der Waals surface area contributed by atoms with Crippen molar-refractivity contribution in [2.75, 3.05) is 0 Å². The van der Waals surface area contributed by atoms with Gasteiger partial charge in [0.25, 0.3) is 5.91 Å². The molecule has 0 aliphatic carbocycles. The zero-order valence-corrected chi connectivity index (χ0v) is 10.3. The van der Waals surface area contributed by atoms with Gasteiger partial charge >= 0.3 is 5.97 Å². The third kappa shape index (κ3) is 3.31. The maximum Gasteiger partial charge on any atom is 0.326 e. The molecule has 0 saturated carbocycles. The van der Waals surface area contributed by atoms with Crippen molar-refractivity contribution in [2.45, 2.75) is 12.5 Å². The lowest BCUT2D eigenvalue weighted by atomic mass is 10.1. The maximum absolute atomic E-state index is 11.9. The van der Waals surface area contributed by atoms with Gasteiger partial charge in [0.1, 0.15) is 6.04 Å². The van der Waals surface area contributed by atoms with Gasteiger partial charge in [-0.2, -0.15) is 0 Å². The van der Waals surface area contributed by atoms with Crippen LogP contribution in [0.3, 0.4) is 0 Å². The van der Waals surface area contributed by atoms with Gasteiger partial charge in [0, 0.05) is 30.6 Å². The standard InChI is InChI=1S/C12H12N4O4/c17-10-2-1-7(4-14-10)11(18)16-9(12(19)20)3-8-5-13-6-15-8/h1-2,4-6,9H,3H2,(H,13,15)(H,14,17)(H,16,18)(H,19,20). The normalized spacial score (nSPS) is 11.8. The summed E-state index contributed by atoms with van der Waals surface area (Å²) >= 11 is 0. The van der Waals surface area contributed by atoms with Crippen LogP contribution in [0.25, 0.3) is 0 Å². The molecule has 0 aliphatic heterocycles. The number of carbonyl (C=O) groups is 2. The molecule has 20 heavy (non-hydrogen) atoms. The second kappa shape index (κ2) is 5.83. The van der Waals surface area contributed by atoms with Gasteiger partial charge in [-0.05, 0) is 6.07 Å². The van der Waals surface area contributed by atoms with Crippen molar-refractivity contribution in [3.63, 3.8) is 0 Å². The number of aliphatic carboxylic acids is 1. The van der Waals surface area contributed by atoms with Crippen LogP contribution < -0.4 is 10.9 Å². The summed E-state index contributed by atoms with van der Waals surface area (Å²) in [4.78, 5) is 42.8. The molecule has 2 aromatic rings. The smallest absolute Gasteiger partial charge is 0.326 e. The summed E-state index contributed by atoms with van der Waals surface area (Å²) in [6, 6.07) is 1.43. The topological polar surface area (TPSA) is 128 Å². The van der Waals surface area contributed by atoms with Gasteiger partial charge in [-0.1, -0.05) is 0 Å². The molecule has 1 unspecified atom stereocenters. The van der Waals surface area contributed by atoms with E-state index in [1.807, 2.05) is 0 Å². The molecule has 0 aliphatic rings. The van der Waals surface area contributed by atoms with E-state index in [4.69, 9.17) is 5.11 Å². The van der Waals surface area contributed by atoms with Crippen molar-refractivity contribution in [2.24, 2.45) is 0 Å². The first-order chi connectivity index (χ1) is 9.56. The van der Waals surface area contributed by atoms with Crippen LogP contribution >= 0.6 is 0 Å². The highest BCUT2D eigenvalue weighted by Crippen LogP contribution is 2.01. The monoisotopic (exact) mass is 276 g/mol. The van der Waals surface area contributed by atoms with Crippen molar-refractivity contribution >= 4 is 11.9 Å². The Hall–Kier alpha value is -2.90. The predicted molar refractivity (Wildman–Crippen MR) is 68.2 cm³/mol. The summed E-state index contributed by atoms with van der Waals surface area (Å²) in [5, 5.41) is 11.5. The molecule has 104 valence electrons. The lowest BCUT2D eigenvalue weighted by Gasteiger charge is -2.13. The summed E-state index contributed by atoms with van der Waals surface area (Å²) < 4.78 is 0. The molecule has 8 nitrogen and oxygen atoms in total. The summed E-state index contributed by atoms with van der Waals surface area (Å²) in [7, 11) is 0. The molecule has 4 N–H and O–H groups in total. The molecule has 0 aromatic carbocycles. The van der Waals surface area contributed by atoms with Crippen molar-refractivity contribution in [1.82, 2.24) is 20.3 Å². The zero-order valence-electron chi connectivity index (χ0n) is 10.3. The van der Waals surface area contributed by atoms with E-state index in [1.54, 1.807) is 0 Å². The third-order valence-electron chi connectivity index (χ3n) is 2.63. The van der Waals surface area contributed by atoms with Gasteiger partial charge in [0.2, 0.25) is 5.56 Å². The molecule has 2 heterocycles. The van der Waals surface area contributed by atoms with Crippen LogP contribution in [0, 0.1) is 0 Å². The number of amides is 1. The lowest BCUT2D eigenvalue weighted by Crippen LogP contribution is -2.42. The van der Waals surface area contributed by atoms with E-state index in [-0.39, 0.29) is 17.5 Å². The molecule has 0 saturated heterocycles. The largest absolute Gasteiger partial charge is 0.480 e. The molecule has 2 rings (SSSR count). The van der Waals surface area contributed by atoms with E-state index < -0.39 is 17.9 Å². The fourth-order valence-electron chi connectivity index (χ4n) is 1.61. The molecule has 0 radical (unpaired) electrons. The average molecular weight is 276 g/mol. The van der Waals surface area contributed by atoms with Crippen molar-refractivity contribution in [3.05, 3.63) is 52.5 Å². The molecule has 1 atom stereocenters. The van der Waals surface area contributed by atoms with Crippen LogP contribution in [0.2, 0.25) is 0 Å². The van der Waals surface area contributed by atoms with Crippen LogP contribution in [-0.4, -0.2) is 38.0 Å². The first-order valence-corrected chi connectivity index (χ1v) is 5.76. The Balaban J connectivity index is 2.08. The highest BCUT2D eigenvalue weighted by molar-refractivity contribution is 5.96. The Morgan fingerprint density at radius 3 is 2.70 bits per heavy atom. The Kier molecular flexibility index (Phi) is 3.94. The fraction of sp³-hybridized carbons (Fsp3) is 0.167. The minimum atomic E-state index is -1.16. The molecular formula is C12H12N4O4. The summed E-state index contributed by atoms with van der Waals surface area (Å²) in [6.45, 7) is 0. The number of hydrogen-bond donors (Lipinski definition) is 4.